The van der Waals surface area contributed by atoms with Crippen molar-refractivity contribution < 1.29 is 27.5 Å². The molecule has 11 heteroatoms. The summed E-state index contributed by atoms with van der Waals surface area (Å²) in [6.45, 7) is 1.40. The topological polar surface area (TPSA) is 140 Å². The molecule has 1 aromatic heterocycles. The summed E-state index contributed by atoms with van der Waals surface area (Å²) < 4.78 is 37.1. The normalized spacial score (nSPS) is 10.9. The Kier molecular flexibility index (Phi) is 7.55. The molecule has 0 radical (unpaired) electrons. The molecule has 0 amide bonds. The van der Waals surface area contributed by atoms with E-state index in [1.54, 1.807) is 37.3 Å². The standard InChI is InChI=1S/C23H21N3O6S2/c1-3-31-23(28)20-19(18(13-24)21(25)33-20)14-32-22(27)15-9-11-17(12-10-15)34(29,30)26(2)16-7-5-4-6-8-16/h4-12H,3,14,25H2,1-2H3. The first-order valence-electron chi connectivity index (χ1n) is 10.00. The molecule has 2 N–H and O–H groups in total. The first kappa shape index (κ1) is 24.8. The minimum Gasteiger partial charge on any atom is -0.462 e. The second kappa shape index (κ2) is 10.4. The molecule has 0 atom stereocenters. The number of esters is 2. The zero-order valence-electron chi connectivity index (χ0n) is 18.3. The second-order valence-corrected chi connectivity index (χ2v) is 9.91. The van der Waals surface area contributed by atoms with E-state index in [1.165, 1.54) is 31.3 Å². The van der Waals surface area contributed by atoms with E-state index >= 15 is 0 Å². The van der Waals surface area contributed by atoms with E-state index in [9.17, 15) is 23.3 Å². The number of hydrogen-bond acceptors (Lipinski definition) is 9. The highest BCUT2D eigenvalue weighted by Crippen LogP contribution is 2.32. The van der Waals surface area contributed by atoms with Crippen molar-refractivity contribution in [2.24, 2.45) is 0 Å². The number of benzene rings is 2. The van der Waals surface area contributed by atoms with E-state index in [2.05, 4.69) is 0 Å². The maximum absolute atomic E-state index is 12.9. The summed E-state index contributed by atoms with van der Waals surface area (Å²) in [5, 5.41) is 9.48. The van der Waals surface area contributed by atoms with Crippen LogP contribution in [-0.4, -0.2) is 34.0 Å². The van der Waals surface area contributed by atoms with Crippen LogP contribution in [-0.2, 0) is 26.1 Å². The van der Waals surface area contributed by atoms with E-state index < -0.39 is 22.0 Å². The van der Waals surface area contributed by atoms with Crippen LogP contribution in [0.2, 0.25) is 0 Å². The van der Waals surface area contributed by atoms with Gasteiger partial charge in [0.15, 0.2) is 0 Å². The number of thiophene rings is 1. The van der Waals surface area contributed by atoms with Crippen LogP contribution < -0.4 is 10.0 Å². The van der Waals surface area contributed by atoms with Gasteiger partial charge in [0.25, 0.3) is 10.0 Å². The number of ether oxygens (including phenoxy) is 2. The Labute approximate surface area is 201 Å². The number of nitrogens with zero attached hydrogens (tertiary/aromatic N) is 2. The fraction of sp³-hybridized carbons (Fsp3) is 0.174. The molecule has 0 aliphatic carbocycles. The number of rotatable bonds is 8. The van der Waals surface area contributed by atoms with Crippen molar-refractivity contribution in [3.63, 3.8) is 0 Å². The van der Waals surface area contributed by atoms with Gasteiger partial charge in [-0.2, -0.15) is 5.26 Å². The number of sulfonamides is 1. The number of nitriles is 1. The monoisotopic (exact) mass is 499 g/mol. The largest absolute Gasteiger partial charge is 0.462 e. The van der Waals surface area contributed by atoms with Gasteiger partial charge in [-0.3, -0.25) is 4.31 Å². The zero-order valence-corrected chi connectivity index (χ0v) is 20.0. The lowest BCUT2D eigenvalue weighted by Gasteiger charge is -2.19. The molecule has 3 rings (SSSR count). The molecular formula is C23H21N3O6S2. The number of carbonyl (C=O) groups is 2. The van der Waals surface area contributed by atoms with Gasteiger partial charge >= 0.3 is 11.9 Å². The van der Waals surface area contributed by atoms with Crippen molar-refractivity contribution >= 4 is 44.0 Å². The predicted molar refractivity (Wildman–Crippen MR) is 127 cm³/mol. The van der Waals surface area contributed by atoms with Crippen LogP contribution >= 0.6 is 11.3 Å². The summed E-state index contributed by atoms with van der Waals surface area (Å²) in [4.78, 5) is 24.8. The minimum atomic E-state index is -3.84. The molecule has 0 saturated carbocycles. The number of nitrogen functional groups attached to an aromatic ring is 1. The number of para-hydroxylation sites is 1. The molecule has 1 heterocycles. The molecule has 0 saturated heterocycles. The molecule has 9 nitrogen and oxygen atoms in total. The van der Waals surface area contributed by atoms with Gasteiger partial charge < -0.3 is 15.2 Å². The van der Waals surface area contributed by atoms with Crippen LogP contribution in [0.25, 0.3) is 0 Å². The van der Waals surface area contributed by atoms with Crippen LogP contribution in [0.15, 0.2) is 59.5 Å². The number of carbonyl (C=O) groups excluding carboxylic acids is 2. The van der Waals surface area contributed by atoms with Crippen molar-refractivity contribution in [1.82, 2.24) is 0 Å². The van der Waals surface area contributed by atoms with E-state index in [-0.39, 0.29) is 44.7 Å². The Bertz CT molecular complexity index is 1340. The summed E-state index contributed by atoms with van der Waals surface area (Å²) in [7, 11) is -2.40. The Morgan fingerprint density at radius 3 is 2.29 bits per heavy atom. The van der Waals surface area contributed by atoms with E-state index in [0.717, 1.165) is 15.6 Å². The SMILES string of the molecule is CCOC(=O)c1sc(N)c(C#N)c1COC(=O)c1ccc(S(=O)(=O)N(C)c2ccccc2)cc1. The third-order valence-corrected chi connectivity index (χ3v) is 7.66. The van der Waals surface area contributed by atoms with E-state index in [0.29, 0.717) is 5.69 Å². The molecule has 3 aromatic rings. The van der Waals surface area contributed by atoms with Crippen molar-refractivity contribution in [3.8, 4) is 6.07 Å². The van der Waals surface area contributed by atoms with Gasteiger partial charge in [-0.15, -0.1) is 11.3 Å². The summed E-state index contributed by atoms with van der Waals surface area (Å²) in [6.07, 6.45) is 0. The lowest BCUT2D eigenvalue weighted by atomic mass is 10.1. The number of hydrogen-bond donors (Lipinski definition) is 1. The first-order valence-corrected chi connectivity index (χ1v) is 12.3. The average molecular weight is 500 g/mol. The van der Waals surface area contributed by atoms with Crippen LogP contribution in [0.4, 0.5) is 10.7 Å². The molecule has 0 aliphatic rings. The highest BCUT2D eigenvalue weighted by molar-refractivity contribution is 7.92. The van der Waals surface area contributed by atoms with Gasteiger partial charge in [0.05, 0.1) is 28.3 Å². The molecule has 0 aliphatic heterocycles. The predicted octanol–water partition coefficient (Wildman–Crippen LogP) is 3.56. The molecule has 0 bridgehead atoms. The van der Waals surface area contributed by atoms with Gasteiger partial charge in [0.2, 0.25) is 0 Å². The highest BCUT2D eigenvalue weighted by atomic mass is 32.2. The molecule has 0 spiro atoms. The molecule has 0 fully saturated rings. The molecule has 34 heavy (non-hydrogen) atoms. The Hall–Kier alpha value is -3.88. The van der Waals surface area contributed by atoms with Gasteiger partial charge in [0, 0.05) is 12.6 Å². The fourth-order valence-corrected chi connectivity index (χ4v) is 5.14. The minimum absolute atomic E-state index is 0.00243. The van der Waals surface area contributed by atoms with Crippen molar-refractivity contribution in [2.45, 2.75) is 18.4 Å². The summed E-state index contributed by atoms with van der Waals surface area (Å²) >= 11 is 0.885. The van der Waals surface area contributed by atoms with Gasteiger partial charge in [-0.05, 0) is 43.3 Å². The quantitative estimate of drug-likeness (QED) is 0.464. The van der Waals surface area contributed by atoms with Crippen molar-refractivity contribution in [2.75, 3.05) is 23.7 Å². The van der Waals surface area contributed by atoms with E-state index in [1.807, 2.05) is 6.07 Å². The van der Waals surface area contributed by atoms with Crippen LogP contribution in [0, 0.1) is 11.3 Å². The number of nitrogens with two attached hydrogens (primary N) is 1. The summed E-state index contributed by atoms with van der Waals surface area (Å²) in [5.41, 5.74) is 6.62. The van der Waals surface area contributed by atoms with Crippen LogP contribution in [0.3, 0.4) is 0 Å². The number of anilines is 2. The molecular weight excluding hydrogens is 478 g/mol. The van der Waals surface area contributed by atoms with Gasteiger partial charge in [0.1, 0.15) is 22.6 Å². The second-order valence-electron chi connectivity index (χ2n) is 6.89. The third-order valence-electron chi connectivity index (χ3n) is 4.82. The maximum atomic E-state index is 12.9. The van der Waals surface area contributed by atoms with Gasteiger partial charge in [-0.25, -0.2) is 18.0 Å². The van der Waals surface area contributed by atoms with Crippen molar-refractivity contribution in [3.05, 3.63) is 76.2 Å². The highest BCUT2D eigenvalue weighted by Gasteiger charge is 2.25. The molecule has 2 aromatic carbocycles. The Morgan fingerprint density at radius 2 is 1.71 bits per heavy atom. The Morgan fingerprint density at radius 1 is 1.06 bits per heavy atom. The zero-order chi connectivity index (χ0) is 24.9. The molecule has 176 valence electrons. The molecule has 0 unspecified atom stereocenters. The van der Waals surface area contributed by atoms with Crippen LogP contribution in [0.5, 0.6) is 0 Å². The third kappa shape index (κ3) is 5.03. The average Bonchev–Trinajstić information content (AvgIpc) is 3.17. The smallest absolute Gasteiger partial charge is 0.348 e. The van der Waals surface area contributed by atoms with Crippen LogP contribution in [0.1, 0.15) is 38.1 Å². The maximum Gasteiger partial charge on any atom is 0.348 e. The fourth-order valence-electron chi connectivity index (χ4n) is 3.03. The Balaban J connectivity index is 1.77. The first-order chi connectivity index (χ1) is 16.2. The lowest BCUT2D eigenvalue weighted by molar-refractivity contribution is 0.0452. The summed E-state index contributed by atoms with van der Waals surface area (Å²) in [5.74, 6) is -1.42. The van der Waals surface area contributed by atoms with E-state index in [4.69, 9.17) is 15.2 Å². The van der Waals surface area contributed by atoms with Crippen molar-refractivity contribution in [1.29, 1.82) is 5.26 Å². The summed E-state index contributed by atoms with van der Waals surface area (Å²) in [6, 6.07) is 15.7. The van der Waals surface area contributed by atoms with Gasteiger partial charge in [-0.1, -0.05) is 18.2 Å². The lowest BCUT2D eigenvalue weighted by Crippen LogP contribution is -2.26.